The highest BCUT2D eigenvalue weighted by Gasteiger charge is 2.38. The summed E-state index contributed by atoms with van der Waals surface area (Å²) >= 11 is 0. The Labute approximate surface area is 92.3 Å². The maximum absolute atomic E-state index is 2.40. The van der Waals surface area contributed by atoms with E-state index in [1.807, 2.05) is 0 Å². The molecule has 80 valence electrons. The van der Waals surface area contributed by atoms with Crippen LogP contribution in [-0.4, -0.2) is 17.6 Å². The van der Waals surface area contributed by atoms with E-state index in [0.717, 1.165) is 5.92 Å². The van der Waals surface area contributed by atoms with Crippen molar-refractivity contribution in [3.05, 3.63) is 35.4 Å². The molecule has 3 rings (SSSR count). The van der Waals surface area contributed by atoms with E-state index < -0.39 is 0 Å². The zero-order valence-corrected chi connectivity index (χ0v) is 9.58. The van der Waals surface area contributed by atoms with Crippen LogP contribution >= 0.6 is 0 Å². The van der Waals surface area contributed by atoms with Crippen LogP contribution in [0.4, 0.5) is 0 Å². The lowest BCUT2D eigenvalue weighted by Gasteiger charge is -2.39. The van der Waals surface area contributed by atoms with Gasteiger partial charge in [-0.25, -0.2) is 0 Å². The standard InChI is InChI=1S/C14H20N/c1-12-6-8-15(9-7-12)10-13-4-2-3-5-14(13)11-15/h2-5,12H,6-11H2,1H3/q+1. The van der Waals surface area contributed by atoms with Crippen molar-refractivity contribution in [2.45, 2.75) is 32.9 Å². The summed E-state index contributed by atoms with van der Waals surface area (Å²) in [5.74, 6) is 0.956. The number of nitrogens with zero attached hydrogens (tertiary/aromatic N) is 1. The van der Waals surface area contributed by atoms with Gasteiger partial charge in [0.25, 0.3) is 0 Å². The van der Waals surface area contributed by atoms with Crippen LogP contribution in [0, 0.1) is 5.92 Å². The lowest BCUT2D eigenvalue weighted by atomic mass is 9.97. The zero-order valence-electron chi connectivity index (χ0n) is 9.58. The number of piperidine rings is 1. The van der Waals surface area contributed by atoms with Gasteiger partial charge in [0.1, 0.15) is 13.1 Å². The molecule has 1 heteroatoms. The maximum Gasteiger partial charge on any atom is 0.105 e. The molecule has 2 heterocycles. The van der Waals surface area contributed by atoms with Crippen LogP contribution in [0.5, 0.6) is 0 Å². The van der Waals surface area contributed by atoms with Gasteiger partial charge in [0.15, 0.2) is 0 Å². The Bertz CT molecular complexity index is 334. The van der Waals surface area contributed by atoms with Crippen molar-refractivity contribution in [3.63, 3.8) is 0 Å². The summed E-state index contributed by atoms with van der Waals surface area (Å²) < 4.78 is 1.35. The van der Waals surface area contributed by atoms with Gasteiger partial charge in [-0.2, -0.15) is 0 Å². The third-order valence-corrected chi connectivity index (χ3v) is 4.32. The second kappa shape index (κ2) is 3.34. The first-order chi connectivity index (χ1) is 7.27. The Morgan fingerprint density at radius 3 is 2.07 bits per heavy atom. The molecule has 1 fully saturated rings. The Morgan fingerprint density at radius 2 is 1.53 bits per heavy atom. The average Bonchev–Trinajstić information content (AvgIpc) is 2.61. The maximum atomic E-state index is 2.40. The highest BCUT2D eigenvalue weighted by atomic mass is 15.4. The van der Waals surface area contributed by atoms with Crippen LogP contribution in [0.2, 0.25) is 0 Å². The normalized spacial score (nSPS) is 24.3. The predicted octanol–water partition coefficient (Wildman–Crippen LogP) is 2.95. The lowest BCUT2D eigenvalue weighted by molar-refractivity contribution is -0.952. The largest absolute Gasteiger partial charge is 0.316 e. The molecule has 0 unspecified atom stereocenters. The molecule has 0 bridgehead atoms. The lowest BCUT2D eigenvalue weighted by Crippen LogP contribution is -2.48. The van der Waals surface area contributed by atoms with E-state index in [0.29, 0.717) is 0 Å². The van der Waals surface area contributed by atoms with E-state index in [2.05, 4.69) is 31.2 Å². The molecule has 1 nitrogen and oxygen atoms in total. The SMILES string of the molecule is CC1CC[N+]2(CC1)Cc1ccccc1C2. The van der Waals surface area contributed by atoms with Crippen LogP contribution in [-0.2, 0) is 13.1 Å². The molecule has 0 radical (unpaired) electrons. The molecule has 0 amide bonds. The summed E-state index contributed by atoms with van der Waals surface area (Å²) in [5.41, 5.74) is 3.21. The van der Waals surface area contributed by atoms with Crippen molar-refractivity contribution in [1.29, 1.82) is 0 Å². The number of benzene rings is 1. The number of rotatable bonds is 0. The molecule has 1 spiro atoms. The molecule has 2 aliphatic heterocycles. The van der Waals surface area contributed by atoms with Crippen molar-refractivity contribution >= 4 is 0 Å². The molecule has 0 N–H and O–H groups in total. The third kappa shape index (κ3) is 1.59. The monoisotopic (exact) mass is 202 g/mol. The van der Waals surface area contributed by atoms with Crippen molar-refractivity contribution in [3.8, 4) is 0 Å². The first-order valence-corrected chi connectivity index (χ1v) is 6.19. The average molecular weight is 202 g/mol. The van der Waals surface area contributed by atoms with E-state index in [-0.39, 0.29) is 0 Å². The zero-order chi connectivity index (χ0) is 10.3. The van der Waals surface area contributed by atoms with E-state index in [4.69, 9.17) is 0 Å². The predicted molar refractivity (Wildman–Crippen MR) is 62.2 cm³/mol. The molecular weight excluding hydrogens is 182 g/mol. The van der Waals surface area contributed by atoms with E-state index >= 15 is 0 Å². The van der Waals surface area contributed by atoms with Gasteiger partial charge in [0.2, 0.25) is 0 Å². The number of hydrogen-bond acceptors (Lipinski definition) is 0. The topological polar surface area (TPSA) is 0 Å². The third-order valence-electron chi connectivity index (χ3n) is 4.32. The highest BCUT2D eigenvalue weighted by Crippen LogP contribution is 2.34. The van der Waals surface area contributed by atoms with Crippen molar-refractivity contribution in [1.82, 2.24) is 0 Å². The number of hydrogen-bond donors (Lipinski definition) is 0. The quantitative estimate of drug-likeness (QED) is 0.567. The molecule has 0 atom stereocenters. The minimum atomic E-state index is 0.956. The number of quaternary nitrogens is 1. The molecule has 2 aliphatic rings. The molecule has 0 aliphatic carbocycles. The molecular formula is C14H20N+. The van der Waals surface area contributed by atoms with E-state index in [9.17, 15) is 0 Å². The second-order valence-corrected chi connectivity index (χ2v) is 5.56. The van der Waals surface area contributed by atoms with Gasteiger partial charge in [0.05, 0.1) is 13.1 Å². The highest BCUT2D eigenvalue weighted by molar-refractivity contribution is 5.28. The van der Waals surface area contributed by atoms with Gasteiger partial charge in [0, 0.05) is 11.1 Å². The fraction of sp³-hybridized carbons (Fsp3) is 0.571. The fourth-order valence-electron chi connectivity index (χ4n) is 3.21. The first kappa shape index (κ1) is 9.41. The number of fused-ring (bicyclic) bond motifs is 1. The summed E-state index contributed by atoms with van der Waals surface area (Å²) in [6.07, 6.45) is 2.85. The van der Waals surface area contributed by atoms with Gasteiger partial charge >= 0.3 is 0 Å². The minimum Gasteiger partial charge on any atom is -0.316 e. The van der Waals surface area contributed by atoms with Gasteiger partial charge in [-0.3, -0.25) is 0 Å². The smallest absolute Gasteiger partial charge is 0.105 e. The fourth-order valence-corrected chi connectivity index (χ4v) is 3.21. The van der Waals surface area contributed by atoms with Gasteiger partial charge < -0.3 is 4.48 Å². The van der Waals surface area contributed by atoms with Crippen LogP contribution in [0.15, 0.2) is 24.3 Å². The van der Waals surface area contributed by atoms with Gasteiger partial charge in [-0.15, -0.1) is 0 Å². The van der Waals surface area contributed by atoms with Crippen LogP contribution in [0.1, 0.15) is 30.9 Å². The van der Waals surface area contributed by atoms with Gasteiger partial charge in [-0.1, -0.05) is 31.2 Å². The molecule has 0 aromatic heterocycles. The summed E-state index contributed by atoms with van der Waals surface area (Å²) in [5, 5.41) is 0. The summed E-state index contributed by atoms with van der Waals surface area (Å²) in [4.78, 5) is 0. The second-order valence-electron chi connectivity index (χ2n) is 5.56. The van der Waals surface area contributed by atoms with E-state index in [1.165, 1.54) is 43.5 Å². The van der Waals surface area contributed by atoms with Crippen LogP contribution in [0.3, 0.4) is 0 Å². The van der Waals surface area contributed by atoms with Gasteiger partial charge in [-0.05, 0) is 18.8 Å². The molecule has 1 aromatic carbocycles. The Kier molecular flexibility index (Phi) is 2.10. The van der Waals surface area contributed by atoms with Crippen LogP contribution < -0.4 is 0 Å². The summed E-state index contributed by atoms with van der Waals surface area (Å²) in [7, 11) is 0. The molecule has 1 aromatic rings. The minimum absolute atomic E-state index is 0.956. The van der Waals surface area contributed by atoms with Crippen LogP contribution in [0.25, 0.3) is 0 Å². The summed E-state index contributed by atoms with van der Waals surface area (Å²) in [6.45, 7) is 7.79. The first-order valence-electron chi connectivity index (χ1n) is 6.19. The van der Waals surface area contributed by atoms with Crippen molar-refractivity contribution < 1.29 is 4.48 Å². The van der Waals surface area contributed by atoms with Crippen molar-refractivity contribution in [2.24, 2.45) is 5.92 Å². The Morgan fingerprint density at radius 1 is 1.00 bits per heavy atom. The Balaban J connectivity index is 1.83. The Hall–Kier alpha value is -0.820. The summed E-state index contributed by atoms with van der Waals surface area (Å²) in [6, 6.07) is 9.02. The molecule has 0 saturated carbocycles. The molecule has 1 saturated heterocycles. The van der Waals surface area contributed by atoms with E-state index in [1.54, 1.807) is 11.1 Å². The molecule has 15 heavy (non-hydrogen) atoms. The van der Waals surface area contributed by atoms with Crippen molar-refractivity contribution in [2.75, 3.05) is 13.1 Å².